The molecule has 4 aromatic rings. The fourth-order valence-corrected chi connectivity index (χ4v) is 6.80. The molecule has 0 spiro atoms. The maximum absolute atomic E-state index is 11.5. The van der Waals surface area contributed by atoms with Crippen LogP contribution in [0.3, 0.4) is 0 Å². The Morgan fingerprint density at radius 1 is 1.00 bits per heavy atom. The molecule has 1 aromatic heterocycles. The van der Waals surface area contributed by atoms with Gasteiger partial charge in [0.25, 0.3) is 0 Å². The van der Waals surface area contributed by atoms with E-state index in [4.69, 9.17) is 14.7 Å². The van der Waals surface area contributed by atoms with Crippen LogP contribution in [-0.2, 0) is 6.54 Å². The van der Waals surface area contributed by atoms with Crippen LogP contribution >= 0.6 is 11.9 Å². The second-order valence-electron chi connectivity index (χ2n) is 13.1. The number of nitrogens with zero attached hydrogens (tertiary/aromatic N) is 3. The Labute approximate surface area is 283 Å². The molecule has 1 unspecified atom stereocenters. The summed E-state index contributed by atoms with van der Waals surface area (Å²) in [6, 6.07) is 24.1. The quantitative estimate of drug-likeness (QED) is 0.117. The van der Waals surface area contributed by atoms with Gasteiger partial charge < -0.3 is 20.1 Å². The van der Waals surface area contributed by atoms with E-state index in [-0.39, 0.29) is 11.6 Å². The standard InChI is InChI=1S/C38H47N5O3S/c1-25(2)20-32(39-23-28-12-14-29(15-13-28)30-16-18-43(5)19-17-30)24-46-35-22-34(36-26(3)8-6-9-27(36)4)40-38(41-35)42-47-33-11-7-10-31(21-33)37(44)45/h6-15,21-22,25,30,32,39H,16-20,23-24H2,1-5H3,(H,44,45)(H,40,41,42). The van der Waals surface area contributed by atoms with Crippen LogP contribution in [0.5, 0.6) is 5.88 Å². The predicted molar refractivity (Wildman–Crippen MR) is 191 cm³/mol. The summed E-state index contributed by atoms with van der Waals surface area (Å²) in [5, 5.41) is 13.1. The van der Waals surface area contributed by atoms with E-state index in [0.717, 1.165) is 40.2 Å². The van der Waals surface area contributed by atoms with E-state index in [2.05, 4.69) is 86.1 Å². The third kappa shape index (κ3) is 9.79. The number of anilines is 1. The highest BCUT2D eigenvalue weighted by molar-refractivity contribution is 8.00. The van der Waals surface area contributed by atoms with Crippen LogP contribution < -0.4 is 14.8 Å². The minimum Gasteiger partial charge on any atom is -0.478 e. The fraction of sp³-hybridized carbons (Fsp3) is 0.395. The molecule has 0 amide bonds. The van der Waals surface area contributed by atoms with Crippen LogP contribution in [0.1, 0.15) is 71.6 Å². The van der Waals surface area contributed by atoms with Gasteiger partial charge in [0.2, 0.25) is 11.8 Å². The number of carboxylic acids is 1. The number of hydrogen-bond acceptors (Lipinski definition) is 8. The average Bonchev–Trinajstić information content (AvgIpc) is 3.05. The van der Waals surface area contributed by atoms with Crippen LogP contribution in [0.4, 0.5) is 5.95 Å². The summed E-state index contributed by atoms with van der Waals surface area (Å²) in [6.45, 7) is 12.2. The molecule has 0 bridgehead atoms. The van der Waals surface area contributed by atoms with Gasteiger partial charge in [-0.1, -0.05) is 62.4 Å². The highest BCUT2D eigenvalue weighted by atomic mass is 32.2. The van der Waals surface area contributed by atoms with E-state index in [1.54, 1.807) is 18.2 Å². The monoisotopic (exact) mass is 653 g/mol. The summed E-state index contributed by atoms with van der Waals surface area (Å²) in [7, 11) is 2.21. The molecule has 3 aromatic carbocycles. The largest absolute Gasteiger partial charge is 0.478 e. The maximum Gasteiger partial charge on any atom is 0.335 e. The third-order valence-corrected chi connectivity index (χ3v) is 9.51. The summed E-state index contributed by atoms with van der Waals surface area (Å²) < 4.78 is 9.62. The topological polar surface area (TPSA) is 99.6 Å². The van der Waals surface area contributed by atoms with Crippen LogP contribution in [0.15, 0.2) is 77.7 Å². The highest BCUT2D eigenvalue weighted by Gasteiger charge is 2.19. The zero-order valence-electron chi connectivity index (χ0n) is 28.1. The average molecular weight is 654 g/mol. The highest BCUT2D eigenvalue weighted by Crippen LogP contribution is 2.31. The number of piperidine rings is 1. The second kappa shape index (κ2) is 16.3. The molecule has 0 aliphatic carbocycles. The lowest BCUT2D eigenvalue weighted by molar-refractivity contribution is 0.0696. The van der Waals surface area contributed by atoms with Crippen LogP contribution in [-0.4, -0.2) is 58.7 Å². The first-order chi connectivity index (χ1) is 22.6. The molecule has 3 N–H and O–H groups in total. The van der Waals surface area contributed by atoms with Gasteiger partial charge in [0, 0.05) is 29.1 Å². The lowest BCUT2D eigenvalue weighted by Gasteiger charge is -2.29. The number of aryl methyl sites for hydroxylation is 2. The molecule has 1 saturated heterocycles. The molecule has 1 aliphatic heterocycles. The number of carbonyl (C=O) groups is 1. The van der Waals surface area contributed by atoms with Crippen LogP contribution in [0.25, 0.3) is 11.3 Å². The number of aromatic carboxylic acids is 1. The van der Waals surface area contributed by atoms with Crippen molar-refractivity contribution in [1.29, 1.82) is 0 Å². The van der Waals surface area contributed by atoms with Crippen molar-refractivity contribution >= 4 is 23.9 Å². The fourth-order valence-electron chi connectivity index (χ4n) is 6.17. The Hall–Kier alpha value is -3.92. The smallest absolute Gasteiger partial charge is 0.335 e. The van der Waals surface area contributed by atoms with Gasteiger partial charge >= 0.3 is 5.97 Å². The minimum absolute atomic E-state index is 0.131. The summed E-state index contributed by atoms with van der Waals surface area (Å²) in [6.07, 6.45) is 3.41. The predicted octanol–water partition coefficient (Wildman–Crippen LogP) is 7.97. The van der Waals surface area contributed by atoms with E-state index >= 15 is 0 Å². The van der Waals surface area contributed by atoms with Crippen molar-refractivity contribution in [2.75, 3.05) is 31.5 Å². The summed E-state index contributed by atoms with van der Waals surface area (Å²) in [4.78, 5) is 24.2. The van der Waals surface area contributed by atoms with Crippen molar-refractivity contribution in [2.24, 2.45) is 5.92 Å². The van der Waals surface area contributed by atoms with Gasteiger partial charge in [-0.3, -0.25) is 4.72 Å². The zero-order valence-corrected chi connectivity index (χ0v) is 28.9. The number of ether oxygens (including phenoxy) is 1. The number of aromatic nitrogens is 2. The van der Waals surface area contributed by atoms with Gasteiger partial charge in [-0.2, -0.15) is 4.98 Å². The summed E-state index contributed by atoms with van der Waals surface area (Å²) >= 11 is 1.27. The number of likely N-dealkylation sites (tertiary alicyclic amines) is 1. The molecule has 1 fully saturated rings. The van der Waals surface area contributed by atoms with E-state index in [1.165, 1.54) is 49.0 Å². The first-order valence-electron chi connectivity index (χ1n) is 16.5. The first kappa shape index (κ1) is 34.4. The van der Waals surface area contributed by atoms with Crippen molar-refractivity contribution < 1.29 is 14.6 Å². The van der Waals surface area contributed by atoms with Crippen molar-refractivity contribution in [1.82, 2.24) is 20.2 Å². The van der Waals surface area contributed by atoms with Crippen molar-refractivity contribution in [3.63, 3.8) is 0 Å². The molecule has 9 heteroatoms. The number of benzene rings is 3. The molecule has 2 heterocycles. The number of nitrogens with one attached hydrogen (secondary N) is 2. The van der Waals surface area contributed by atoms with Crippen LogP contribution in [0.2, 0.25) is 0 Å². The van der Waals surface area contributed by atoms with E-state index < -0.39 is 5.97 Å². The molecule has 248 valence electrons. The molecule has 0 saturated carbocycles. The number of carboxylic acid groups (broad SMARTS) is 1. The minimum atomic E-state index is -0.967. The second-order valence-corrected chi connectivity index (χ2v) is 13.9. The molecule has 1 atom stereocenters. The van der Waals surface area contributed by atoms with Crippen LogP contribution in [0, 0.1) is 19.8 Å². The van der Waals surface area contributed by atoms with E-state index in [1.807, 2.05) is 18.2 Å². The molecule has 8 nitrogen and oxygen atoms in total. The van der Waals surface area contributed by atoms with Gasteiger partial charge in [-0.25, -0.2) is 9.78 Å². The molecular formula is C38H47N5O3S. The normalized spacial score (nSPS) is 14.7. The number of hydrogen-bond donors (Lipinski definition) is 3. The Kier molecular flexibility index (Phi) is 11.9. The van der Waals surface area contributed by atoms with Crippen molar-refractivity contribution in [2.45, 2.75) is 70.4 Å². The lowest BCUT2D eigenvalue weighted by Crippen LogP contribution is -2.35. The Balaban J connectivity index is 1.29. The van der Waals surface area contributed by atoms with Gasteiger partial charge in [0.15, 0.2) is 0 Å². The molecular weight excluding hydrogens is 607 g/mol. The van der Waals surface area contributed by atoms with E-state index in [9.17, 15) is 9.90 Å². The zero-order chi connectivity index (χ0) is 33.3. The van der Waals surface area contributed by atoms with Gasteiger partial charge in [0.1, 0.15) is 6.61 Å². The third-order valence-electron chi connectivity index (χ3n) is 8.73. The summed E-state index contributed by atoms with van der Waals surface area (Å²) in [5.41, 5.74) is 6.98. The maximum atomic E-state index is 11.5. The SMILES string of the molecule is Cc1cccc(C)c1-c1cc(OCC(CC(C)C)NCc2ccc(C3CCN(C)CC3)cc2)nc(NSc2cccc(C(=O)O)c2)n1. The Morgan fingerprint density at radius 2 is 1.70 bits per heavy atom. The number of rotatable bonds is 14. The lowest BCUT2D eigenvalue weighted by atomic mass is 9.89. The van der Waals surface area contributed by atoms with Crippen molar-refractivity contribution in [3.05, 3.63) is 101 Å². The Morgan fingerprint density at radius 3 is 2.38 bits per heavy atom. The molecule has 1 aliphatic rings. The molecule has 0 radical (unpaired) electrons. The Bertz CT molecular complexity index is 1620. The van der Waals surface area contributed by atoms with Gasteiger partial charge in [-0.15, -0.1) is 0 Å². The summed E-state index contributed by atoms with van der Waals surface area (Å²) in [5.74, 6) is 1.06. The molecule has 47 heavy (non-hydrogen) atoms. The van der Waals surface area contributed by atoms with Gasteiger partial charge in [-0.05, 0) is 117 Å². The van der Waals surface area contributed by atoms with E-state index in [0.29, 0.717) is 30.3 Å². The first-order valence-corrected chi connectivity index (χ1v) is 17.3. The van der Waals surface area contributed by atoms with Crippen molar-refractivity contribution in [3.8, 4) is 17.1 Å². The molecule has 5 rings (SSSR count). The van der Waals surface area contributed by atoms with Gasteiger partial charge in [0.05, 0.1) is 11.3 Å².